The summed E-state index contributed by atoms with van der Waals surface area (Å²) < 4.78 is 5.52. The summed E-state index contributed by atoms with van der Waals surface area (Å²) in [5.74, 6) is 0.173. The van der Waals surface area contributed by atoms with E-state index in [4.69, 9.17) is 4.74 Å². The normalized spacial score (nSPS) is 19.8. The van der Waals surface area contributed by atoms with E-state index >= 15 is 0 Å². The Labute approximate surface area is 164 Å². The summed E-state index contributed by atoms with van der Waals surface area (Å²) >= 11 is 1.53. The van der Waals surface area contributed by atoms with Crippen molar-refractivity contribution in [2.45, 2.75) is 52.2 Å². The second-order valence-electron chi connectivity index (χ2n) is 7.73. The van der Waals surface area contributed by atoms with Crippen LogP contribution in [0, 0.1) is 5.92 Å². The first-order valence-electron chi connectivity index (χ1n) is 9.69. The van der Waals surface area contributed by atoms with Gasteiger partial charge in [-0.1, -0.05) is 31.2 Å². The van der Waals surface area contributed by atoms with Crippen LogP contribution in [0.25, 0.3) is 0 Å². The lowest BCUT2D eigenvalue weighted by Gasteiger charge is -2.30. The number of hydrogen-bond donors (Lipinski definition) is 0. The largest absolute Gasteiger partial charge is 0.448 e. The zero-order valence-corrected chi connectivity index (χ0v) is 16.7. The van der Waals surface area contributed by atoms with Gasteiger partial charge in [-0.2, -0.15) is 0 Å². The molecule has 2 aliphatic rings. The van der Waals surface area contributed by atoms with Crippen molar-refractivity contribution in [1.29, 1.82) is 0 Å². The topological polar surface area (TPSA) is 46.6 Å². The number of esters is 1. The van der Waals surface area contributed by atoms with Crippen LogP contribution < -0.4 is 0 Å². The number of amides is 1. The van der Waals surface area contributed by atoms with E-state index in [9.17, 15) is 9.59 Å². The van der Waals surface area contributed by atoms with Gasteiger partial charge >= 0.3 is 5.97 Å². The molecular weight excluding hydrogens is 358 g/mol. The maximum atomic E-state index is 12.8. The van der Waals surface area contributed by atoms with Gasteiger partial charge in [-0.15, -0.1) is 11.3 Å². The van der Waals surface area contributed by atoms with Crippen molar-refractivity contribution < 1.29 is 14.3 Å². The Morgan fingerprint density at radius 2 is 1.96 bits per heavy atom. The number of hydrogen-bond acceptors (Lipinski definition) is 4. The molecular formula is C22H25NO3S. The number of carbonyl (C=O) groups is 2. The molecule has 1 aliphatic carbocycles. The molecule has 0 fully saturated rings. The van der Waals surface area contributed by atoms with Crippen molar-refractivity contribution in [3.63, 3.8) is 0 Å². The van der Waals surface area contributed by atoms with Gasteiger partial charge in [0.25, 0.3) is 5.91 Å². The number of thiophene rings is 1. The number of ether oxygens (including phenoxy) is 1. The lowest BCUT2D eigenvalue weighted by atomic mass is 9.90. The Morgan fingerprint density at radius 1 is 1.19 bits per heavy atom. The molecule has 142 valence electrons. The predicted octanol–water partition coefficient (Wildman–Crippen LogP) is 4.00. The van der Waals surface area contributed by atoms with Crippen LogP contribution in [0.5, 0.6) is 0 Å². The van der Waals surface area contributed by atoms with Gasteiger partial charge in [0.2, 0.25) is 0 Å². The minimum Gasteiger partial charge on any atom is -0.448 e. The standard InChI is InChI=1S/C22H25NO3S/c1-14-7-8-19-18(11-14)12-20(27-19)22(25)26-15(2)21(24)23-10-9-16-5-3-4-6-17(16)13-23/h3-6,12,14-15H,7-11,13H2,1-2H3/t14-,15+/m1/s1. The molecule has 5 heteroatoms. The smallest absolute Gasteiger partial charge is 0.349 e. The molecule has 2 heterocycles. The van der Waals surface area contributed by atoms with Gasteiger partial charge in [0.1, 0.15) is 4.88 Å². The summed E-state index contributed by atoms with van der Waals surface area (Å²) in [5, 5.41) is 0. The van der Waals surface area contributed by atoms with E-state index in [1.165, 1.54) is 39.3 Å². The Kier molecular flexibility index (Phi) is 5.04. The van der Waals surface area contributed by atoms with Crippen LogP contribution in [0.15, 0.2) is 30.3 Å². The molecule has 4 nitrogen and oxygen atoms in total. The number of aryl methyl sites for hydroxylation is 1. The average Bonchev–Trinajstić information content (AvgIpc) is 3.10. The first-order chi connectivity index (χ1) is 13.0. The van der Waals surface area contributed by atoms with E-state index in [1.54, 1.807) is 11.8 Å². The Bertz CT molecular complexity index is 872. The van der Waals surface area contributed by atoms with Gasteiger partial charge in [-0.25, -0.2) is 4.79 Å². The first-order valence-corrected chi connectivity index (χ1v) is 10.5. The molecule has 0 radical (unpaired) electrons. The fraction of sp³-hybridized carbons (Fsp3) is 0.455. The lowest BCUT2D eigenvalue weighted by Crippen LogP contribution is -2.42. The van der Waals surface area contributed by atoms with Gasteiger partial charge in [-0.05, 0) is 61.3 Å². The monoisotopic (exact) mass is 383 g/mol. The Morgan fingerprint density at radius 3 is 2.78 bits per heavy atom. The summed E-state index contributed by atoms with van der Waals surface area (Å²) in [6.07, 6.45) is 3.32. The molecule has 0 bridgehead atoms. The molecule has 4 rings (SSSR count). The SMILES string of the molecule is C[C@@H]1CCc2sc(C(=O)O[C@@H](C)C(=O)N3CCc4ccccc4C3)cc2C1. The maximum absolute atomic E-state index is 12.8. The van der Waals surface area contributed by atoms with Gasteiger partial charge in [0.15, 0.2) is 6.10 Å². The zero-order chi connectivity index (χ0) is 19.0. The van der Waals surface area contributed by atoms with E-state index < -0.39 is 6.10 Å². The van der Waals surface area contributed by atoms with Gasteiger partial charge in [0, 0.05) is 18.0 Å². The minimum absolute atomic E-state index is 0.118. The quantitative estimate of drug-likeness (QED) is 0.753. The lowest BCUT2D eigenvalue weighted by molar-refractivity contribution is -0.140. The number of nitrogens with zero attached hydrogens (tertiary/aromatic N) is 1. The second-order valence-corrected chi connectivity index (χ2v) is 8.87. The summed E-state index contributed by atoms with van der Waals surface area (Å²) in [6.45, 7) is 5.18. The molecule has 0 unspecified atom stereocenters. The van der Waals surface area contributed by atoms with Gasteiger partial charge < -0.3 is 9.64 Å². The maximum Gasteiger partial charge on any atom is 0.349 e. The second kappa shape index (κ2) is 7.47. The van der Waals surface area contributed by atoms with Crippen LogP contribution in [0.2, 0.25) is 0 Å². The highest BCUT2D eigenvalue weighted by Crippen LogP contribution is 2.32. The molecule has 1 aromatic heterocycles. The molecule has 0 saturated carbocycles. The van der Waals surface area contributed by atoms with E-state index in [0.717, 1.165) is 19.3 Å². The Hall–Kier alpha value is -2.14. The van der Waals surface area contributed by atoms with E-state index in [1.807, 2.05) is 18.2 Å². The highest BCUT2D eigenvalue weighted by molar-refractivity contribution is 7.14. The van der Waals surface area contributed by atoms with E-state index in [2.05, 4.69) is 19.1 Å². The summed E-state index contributed by atoms with van der Waals surface area (Å²) in [4.78, 5) is 29.0. The zero-order valence-electron chi connectivity index (χ0n) is 15.9. The Balaban J connectivity index is 1.39. The molecule has 2 atom stereocenters. The third-order valence-electron chi connectivity index (χ3n) is 5.60. The van der Waals surface area contributed by atoms with Gasteiger partial charge in [-0.3, -0.25) is 4.79 Å². The fourth-order valence-corrected chi connectivity index (χ4v) is 5.11. The van der Waals surface area contributed by atoms with Crippen LogP contribution in [0.1, 0.15) is 51.5 Å². The molecule has 1 aliphatic heterocycles. The van der Waals surface area contributed by atoms with E-state index in [0.29, 0.717) is 23.9 Å². The number of rotatable bonds is 3. The third kappa shape index (κ3) is 3.79. The first kappa shape index (κ1) is 18.2. The van der Waals surface area contributed by atoms with Crippen LogP contribution in [0.3, 0.4) is 0 Å². The molecule has 2 aromatic rings. The van der Waals surface area contributed by atoms with Crippen LogP contribution in [-0.2, 0) is 35.3 Å². The van der Waals surface area contributed by atoms with E-state index in [-0.39, 0.29) is 11.9 Å². The molecule has 1 aromatic carbocycles. The van der Waals surface area contributed by atoms with Gasteiger partial charge in [0.05, 0.1) is 0 Å². The number of carbonyl (C=O) groups excluding carboxylic acids is 2. The van der Waals surface area contributed by atoms with Crippen molar-refractivity contribution in [1.82, 2.24) is 4.90 Å². The number of fused-ring (bicyclic) bond motifs is 2. The summed E-state index contributed by atoms with van der Waals surface area (Å²) in [5.41, 5.74) is 3.75. The fourth-order valence-electron chi connectivity index (χ4n) is 4.02. The minimum atomic E-state index is -0.763. The van der Waals surface area contributed by atoms with Crippen molar-refractivity contribution in [2.24, 2.45) is 5.92 Å². The third-order valence-corrected chi connectivity index (χ3v) is 6.82. The number of benzene rings is 1. The van der Waals surface area contributed by atoms with Crippen LogP contribution in [0.4, 0.5) is 0 Å². The van der Waals surface area contributed by atoms with Crippen molar-refractivity contribution in [3.05, 3.63) is 56.8 Å². The van der Waals surface area contributed by atoms with Crippen LogP contribution >= 0.6 is 11.3 Å². The van der Waals surface area contributed by atoms with Crippen molar-refractivity contribution >= 4 is 23.2 Å². The predicted molar refractivity (Wildman–Crippen MR) is 106 cm³/mol. The van der Waals surface area contributed by atoms with Crippen molar-refractivity contribution in [2.75, 3.05) is 6.54 Å². The summed E-state index contributed by atoms with van der Waals surface area (Å²) in [6, 6.07) is 10.2. The highest BCUT2D eigenvalue weighted by Gasteiger charge is 2.28. The molecule has 0 N–H and O–H groups in total. The van der Waals surface area contributed by atoms with Crippen molar-refractivity contribution in [3.8, 4) is 0 Å². The molecule has 0 saturated heterocycles. The molecule has 1 amide bonds. The molecule has 27 heavy (non-hydrogen) atoms. The highest BCUT2D eigenvalue weighted by atomic mass is 32.1. The summed E-state index contributed by atoms with van der Waals surface area (Å²) in [7, 11) is 0. The van der Waals surface area contributed by atoms with Crippen LogP contribution in [-0.4, -0.2) is 29.4 Å². The average molecular weight is 384 g/mol. The molecule has 0 spiro atoms.